The average molecular weight is 587 g/mol. The van der Waals surface area contributed by atoms with E-state index in [1.54, 1.807) is 45.0 Å². The summed E-state index contributed by atoms with van der Waals surface area (Å²) in [4.78, 5) is 85.7. The van der Waals surface area contributed by atoms with Gasteiger partial charge in [-0.2, -0.15) is 0 Å². The number of esters is 1. The highest BCUT2D eigenvalue weighted by Gasteiger charge is 2.30. The van der Waals surface area contributed by atoms with Crippen LogP contribution in [0.2, 0.25) is 0 Å². The Morgan fingerprint density at radius 1 is 0.952 bits per heavy atom. The highest BCUT2D eigenvalue weighted by atomic mass is 16.5. The Bertz CT molecular complexity index is 1180. The minimum Gasteiger partial charge on any atom is -0.461 e. The Balaban J connectivity index is 2.04. The number of hydrogen-bond acceptors (Lipinski definition) is 8. The zero-order valence-corrected chi connectivity index (χ0v) is 23.9. The quantitative estimate of drug-likeness (QED) is 0.104. The van der Waals surface area contributed by atoms with Crippen LogP contribution in [0.4, 0.5) is 10.5 Å². The number of imide groups is 1. The van der Waals surface area contributed by atoms with E-state index < -0.39 is 47.7 Å². The van der Waals surface area contributed by atoms with Crippen molar-refractivity contribution in [2.75, 3.05) is 18.4 Å². The van der Waals surface area contributed by atoms with E-state index >= 15 is 0 Å². The van der Waals surface area contributed by atoms with E-state index in [2.05, 4.69) is 21.3 Å². The van der Waals surface area contributed by atoms with E-state index in [-0.39, 0.29) is 50.8 Å². The second-order valence-corrected chi connectivity index (χ2v) is 9.90. The Hall–Kier alpha value is -4.75. The van der Waals surface area contributed by atoms with Crippen molar-refractivity contribution < 1.29 is 38.3 Å². The smallest absolute Gasteiger partial charge is 0.312 e. The highest BCUT2D eigenvalue weighted by molar-refractivity contribution is 6.13. The van der Waals surface area contributed by atoms with Gasteiger partial charge in [-0.3, -0.25) is 33.7 Å². The first-order valence-electron chi connectivity index (χ1n) is 13.6. The fourth-order valence-electron chi connectivity index (χ4n) is 3.87. The number of hydrogen-bond donors (Lipinski definition) is 5. The maximum Gasteiger partial charge on any atom is 0.312 e. The number of carbonyl (C=O) groups is 7. The van der Waals surface area contributed by atoms with E-state index in [0.29, 0.717) is 12.1 Å². The molecule has 1 aromatic carbocycles. The molecule has 228 valence electrons. The summed E-state index contributed by atoms with van der Waals surface area (Å²) >= 11 is 0. The molecule has 1 aliphatic heterocycles. The van der Waals surface area contributed by atoms with Crippen LogP contribution in [0.5, 0.6) is 0 Å². The van der Waals surface area contributed by atoms with Crippen LogP contribution in [0, 0.1) is 5.92 Å². The van der Waals surface area contributed by atoms with Gasteiger partial charge in [-0.25, -0.2) is 4.79 Å². The van der Waals surface area contributed by atoms with Crippen molar-refractivity contribution in [1.29, 1.82) is 0 Å². The SMILES string of the molecule is CCC(=O)OCc1ccc(NC(=O)[C@H](CCCNC(N)=O)NC(=O)[C@@H](NC(=O)CCN2C(=O)C=CC2=O)C(C)C)cc1. The summed E-state index contributed by atoms with van der Waals surface area (Å²) in [5.74, 6) is -3.40. The van der Waals surface area contributed by atoms with Crippen LogP contribution in [-0.4, -0.2) is 71.6 Å². The molecule has 14 heteroatoms. The molecule has 0 spiro atoms. The molecule has 42 heavy (non-hydrogen) atoms. The number of nitrogens with zero attached hydrogens (tertiary/aromatic N) is 1. The number of anilines is 1. The fraction of sp³-hybridized carbons (Fsp3) is 0.464. The lowest BCUT2D eigenvalue weighted by molar-refractivity contribution is -0.144. The van der Waals surface area contributed by atoms with Gasteiger partial charge in [0, 0.05) is 43.8 Å². The summed E-state index contributed by atoms with van der Waals surface area (Å²) in [6.45, 7) is 5.25. The van der Waals surface area contributed by atoms with Crippen molar-refractivity contribution >= 4 is 47.2 Å². The van der Waals surface area contributed by atoms with E-state index in [1.165, 1.54) is 0 Å². The molecule has 1 aromatic rings. The van der Waals surface area contributed by atoms with Crippen LogP contribution in [-0.2, 0) is 40.1 Å². The zero-order valence-electron chi connectivity index (χ0n) is 23.9. The summed E-state index contributed by atoms with van der Waals surface area (Å²) < 4.78 is 5.09. The van der Waals surface area contributed by atoms with E-state index in [1.807, 2.05) is 0 Å². The third kappa shape index (κ3) is 11.0. The number of amides is 7. The molecule has 6 N–H and O–H groups in total. The van der Waals surface area contributed by atoms with Crippen molar-refractivity contribution in [2.45, 2.75) is 65.1 Å². The van der Waals surface area contributed by atoms with Crippen molar-refractivity contribution in [3.05, 3.63) is 42.0 Å². The molecule has 0 saturated heterocycles. The maximum absolute atomic E-state index is 13.2. The summed E-state index contributed by atoms with van der Waals surface area (Å²) in [5, 5.41) is 10.5. The highest BCUT2D eigenvalue weighted by Crippen LogP contribution is 2.13. The minimum atomic E-state index is -1.03. The van der Waals surface area contributed by atoms with Crippen molar-refractivity contribution in [2.24, 2.45) is 11.7 Å². The minimum absolute atomic E-state index is 0.0935. The lowest BCUT2D eigenvalue weighted by atomic mass is 10.0. The summed E-state index contributed by atoms with van der Waals surface area (Å²) in [7, 11) is 0. The average Bonchev–Trinajstić information content (AvgIpc) is 3.27. The Morgan fingerprint density at radius 3 is 2.17 bits per heavy atom. The van der Waals surface area contributed by atoms with Crippen molar-refractivity contribution in [1.82, 2.24) is 20.9 Å². The van der Waals surface area contributed by atoms with Crippen molar-refractivity contribution in [3.8, 4) is 0 Å². The molecule has 2 rings (SSSR count). The lowest BCUT2D eigenvalue weighted by Crippen LogP contribution is -2.54. The van der Waals surface area contributed by atoms with Crippen LogP contribution < -0.4 is 27.0 Å². The number of primary amides is 1. The standard InChI is InChI=1S/C28H38N6O8/c1-4-24(38)42-16-18-7-9-19(10-8-18)31-26(39)20(6-5-14-30-28(29)41)32-27(40)25(17(2)3)33-21(35)13-15-34-22(36)11-12-23(34)37/h7-12,17,20,25H,4-6,13-16H2,1-3H3,(H,31,39)(H,32,40)(H,33,35)(H3,29,30,41)/t20-,25-/m0/s1. The van der Waals surface area contributed by atoms with E-state index in [9.17, 15) is 33.6 Å². The molecule has 0 aliphatic carbocycles. The third-order valence-electron chi connectivity index (χ3n) is 6.24. The predicted octanol–water partition coefficient (Wildman–Crippen LogP) is 0.468. The molecule has 0 fully saturated rings. The van der Waals surface area contributed by atoms with E-state index in [4.69, 9.17) is 10.5 Å². The van der Waals surface area contributed by atoms with Gasteiger partial charge in [0.2, 0.25) is 17.7 Å². The van der Waals surface area contributed by atoms with Crippen LogP contribution in [0.3, 0.4) is 0 Å². The Kier molecular flexibility index (Phi) is 13.1. The van der Waals surface area contributed by atoms with Gasteiger partial charge in [0.25, 0.3) is 11.8 Å². The fourth-order valence-corrected chi connectivity index (χ4v) is 3.87. The van der Waals surface area contributed by atoms with Gasteiger partial charge < -0.3 is 31.7 Å². The Labute approximate surface area is 243 Å². The third-order valence-corrected chi connectivity index (χ3v) is 6.24. The Morgan fingerprint density at radius 2 is 1.60 bits per heavy atom. The number of nitrogens with one attached hydrogen (secondary N) is 4. The predicted molar refractivity (Wildman–Crippen MR) is 151 cm³/mol. The van der Waals surface area contributed by atoms with Gasteiger partial charge in [0.1, 0.15) is 18.7 Å². The summed E-state index contributed by atoms with van der Waals surface area (Å²) in [6, 6.07) is 3.87. The molecular formula is C28H38N6O8. The topological polar surface area (TPSA) is 206 Å². The van der Waals surface area contributed by atoms with Gasteiger partial charge in [-0.15, -0.1) is 0 Å². The first kappa shape index (κ1) is 33.5. The second kappa shape index (κ2) is 16.5. The zero-order chi connectivity index (χ0) is 31.2. The first-order valence-corrected chi connectivity index (χ1v) is 13.6. The molecule has 7 amide bonds. The number of nitrogens with two attached hydrogens (primary N) is 1. The normalized spacial score (nSPS) is 13.9. The summed E-state index contributed by atoms with van der Waals surface area (Å²) in [6.07, 6.45) is 2.75. The molecule has 1 heterocycles. The number of rotatable bonds is 16. The summed E-state index contributed by atoms with van der Waals surface area (Å²) in [5.41, 5.74) is 6.26. The molecule has 0 saturated carbocycles. The largest absolute Gasteiger partial charge is 0.461 e. The molecule has 14 nitrogen and oxygen atoms in total. The number of benzene rings is 1. The van der Waals surface area contributed by atoms with Crippen LogP contribution in [0.25, 0.3) is 0 Å². The lowest BCUT2D eigenvalue weighted by Gasteiger charge is -2.25. The molecule has 0 radical (unpaired) electrons. The van der Waals surface area contributed by atoms with Gasteiger partial charge in [-0.1, -0.05) is 32.9 Å². The van der Waals surface area contributed by atoms with Gasteiger partial charge in [0.15, 0.2) is 0 Å². The van der Waals surface area contributed by atoms with Crippen LogP contribution in [0.1, 0.15) is 52.0 Å². The van der Waals surface area contributed by atoms with Crippen LogP contribution >= 0.6 is 0 Å². The van der Waals surface area contributed by atoms with Crippen molar-refractivity contribution in [3.63, 3.8) is 0 Å². The second-order valence-electron chi connectivity index (χ2n) is 9.90. The molecule has 0 aromatic heterocycles. The first-order chi connectivity index (χ1) is 19.9. The maximum atomic E-state index is 13.2. The molecule has 0 unspecified atom stereocenters. The monoisotopic (exact) mass is 586 g/mol. The van der Waals surface area contributed by atoms with E-state index in [0.717, 1.165) is 22.6 Å². The number of urea groups is 1. The van der Waals surface area contributed by atoms with Gasteiger partial charge in [0.05, 0.1) is 0 Å². The number of carbonyl (C=O) groups excluding carboxylic acids is 7. The van der Waals surface area contributed by atoms with Gasteiger partial charge in [-0.05, 0) is 36.5 Å². The molecule has 1 aliphatic rings. The molecular weight excluding hydrogens is 548 g/mol. The van der Waals surface area contributed by atoms with Crippen LogP contribution in [0.15, 0.2) is 36.4 Å². The molecule has 0 bridgehead atoms. The molecule has 2 atom stereocenters. The van der Waals surface area contributed by atoms with Gasteiger partial charge >= 0.3 is 12.0 Å². The number of ether oxygens (including phenoxy) is 1.